The highest BCUT2D eigenvalue weighted by Crippen LogP contribution is 2.43. The lowest BCUT2D eigenvalue weighted by Crippen LogP contribution is -2.32. The minimum atomic E-state index is -0.988. The highest BCUT2D eigenvalue weighted by Gasteiger charge is 2.45. The first kappa shape index (κ1) is 19.4. The van der Waals surface area contributed by atoms with Crippen molar-refractivity contribution in [1.29, 1.82) is 0 Å². The van der Waals surface area contributed by atoms with Crippen molar-refractivity contribution in [3.63, 3.8) is 0 Å². The van der Waals surface area contributed by atoms with Crippen molar-refractivity contribution < 1.29 is 19.1 Å². The molecule has 1 amide bonds. The number of benzene rings is 2. The van der Waals surface area contributed by atoms with Crippen LogP contribution in [0.25, 0.3) is 0 Å². The number of anilines is 1. The summed E-state index contributed by atoms with van der Waals surface area (Å²) in [4.78, 5) is 26.6. The average Bonchev–Trinajstić information content (AvgIpc) is 2.89. The van der Waals surface area contributed by atoms with Crippen LogP contribution in [-0.2, 0) is 9.59 Å². The molecule has 0 spiro atoms. The van der Waals surface area contributed by atoms with Crippen molar-refractivity contribution >= 4 is 40.6 Å². The van der Waals surface area contributed by atoms with Crippen molar-refractivity contribution in [2.24, 2.45) is 5.92 Å². The molecular formula is C20H16Cl2FNO3. The molecule has 2 aromatic rings. The van der Waals surface area contributed by atoms with E-state index in [9.17, 15) is 19.1 Å². The van der Waals surface area contributed by atoms with Crippen molar-refractivity contribution in [2.75, 3.05) is 4.90 Å². The molecular weight excluding hydrogens is 392 g/mol. The standard InChI is InChI=1S/C20H16Cl2FNO3/c1-10(2)18(25)15-17(11-6-8-12(21)9-7-11)24(20(27)19(15)26)14-5-3-4-13(22)16(14)23/h3-10,17,26H,1-2H3. The molecule has 27 heavy (non-hydrogen) atoms. The van der Waals surface area contributed by atoms with Gasteiger partial charge in [0.2, 0.25) is 0 Å². The molecule has 0 saturated carbocycles. The number of nitrogens with zero attached hydrogens (tertiary/aromatic N) is 1. The Morgan fingerprint density at radius 2 is 1.78 bits per heavy atom. The van der Waals surface area contributed by atoms with E-state index < -0.39 is 35.2 Å². The number of carbonyl (C=O) groups excluding carboxylic acids is 2. The second-order valence-corrected chi connectivity index (χ2v) is 7.33. The normalized spacial score (nSPS) is 17.2. The zero-order valence-corrected chi connectivity index (χ0v) is 16.1. The maximum atomic E-state index is 14.7. The Bertz CT molecular complexity index is 954. The SMILES string of the molecule is CC(C)C(=O)C1=C(O)C(=O)N(c2cccc(Cl)c2F)C1c1ccc(Cl)cc1. The molecule has 7 heteroatoms. The predicted octanol–water partition coefficient (Wildman–Crippen LogP) is 5.26. The number of carbonyl (C=O) groups is 2. The van der Waals surface area contributed by atoms with E-state index in [2.05, 4.69) is 0 Å². The first-order chi connectivity index (χ1) is 12.7. The van der Waals surface area contributed by atoms with E-state index in [4.69, 9.17) is 23.2 Å². The molecule has 2 aromatic carbocycles. The smallest absolute Gasteiger partial charge is 0.294 e. The van der Waals surface area contributed by atoms with Gasteiger partial charge in [-0.15, -0.1) is 0 Å². The van der Waals surface area contributed by atoms with Crippen molar-refractivity contribution in [2.45, 2.75) is 19.9 Å². The second kappa shape index (κ2) is 7.33. The molecule has 1 unspecified atom stereocenters. The number of halogens is 3. The van der Waals surface area contributed by atoms with Crippen LogP contribution in [-0.4, -0.2) is 16.8 Å². The summed E-state index contributed by atoms with van der Waals surface area (Å²) in [5.41, 5.74) is 0.322. The summed E-state index contributed by atoms with van der Waals surface area (Å²) in [7, 11) is 0. The van der Waals surface area contributed by atoms with Gasteiger partial charge in [-0.2, -0.15) is 0 Å². The van der Waals surface area contributed by atoms with Crippen molar-refractivity contribution in [3.05, 3.63) is 75.2 Å². The van der Waals surface area contributed by atoms with Gasteiger partial charge >= 0.3 is 0 Å². The van der Waals surface area contributed by atoms with Crippen LogP contribution in [0.2, 0.25) is 10.0 Å². The fourth-order valence-electron chi connectivity index (χ4n) is 3.06. The molecule has 1 aliphatic heterocycles. The lowest BCUT2D eigenvalue weighted by Gasteiger charge is -2.27. The third-order valence-corrected chi connectivity index (χ3v) is 4.92. The molecule has 0 bridgehead atoms. The Balaban J connectivity index is 2.23. The Kier molecular flexibility index (Phi) is 5.27. The number of aliphatic hydroxyl groups excluding tert-OH is 1. The van der Waals surface area contributed by atoms with E-state index in [1.165, 1.54) is 18.2 Å². The first-order valence-electron chi connectivity index (χ1n) is 8.24. The third-order valence-electron chi connectivity index (χ3n) is 4.37. The molecule has 0 radical (unpaired) electrons. The number of hydrogen-bond donors (Lipinski definition) is 1. The summed E-state index contributed by atoms with van der Waals surface area (Å²) in [6.07, 6.45) is 0. The average molecular weight is 408 g/mol. The zero-order chi connectivity index (χ0) is 19.9. The van der Waals surface area contributed by atoms with Crippen molar-refractivity contribution in [3.8, 4) is 0 Å². The quantitative estimate of drug-likeness (QED) is 0.751. The van der Waals surface area contributed by atoms with Gasteiger partial charge in [0.15, 0.2) is 17.4 Å². The van der Waals surface area contributed by atoms with Crippen LogP contribution in [0.15, 0.2) is 53.8 Å². The van der Waals surface area contributed by atoms with Gasteiger partial charge in [0.25, 0.3) is 5.91 Å². The summed E-state index contributed by atoms with van der Waals surface area (Å²) >= 11 is 11.8. The lowest BCUT2D eigenvalue weighted by atomic mass is 9.91. The first-order valence-corrected chi connectivity index (χ1v) is 9.00. The van der Waals surface area contributed by atoms with Gasteiger partial charge in [0, 0.05) is 10.9 Å². The van der Waals surface area contributed by atoms with Gasteiger partial charge in [-0.3, -0.25) is 14.5 Å². The predicted molar refractivity (Wildman–Crippen MR) is 103 cm³/mol. The summed E-state index contributed by atoms with van der Waals surface area (Å²) < 4.78 is 14.7. The molecule has 0 aliphatic carbocycles. The fraction of sp³-hybridized carbons (Fsp3) is 0.200. The highest BCUT2D eigenvalue weighted by atomic mass is 35.5. The molecule has 0 saturated heterocycles. The summed E-state index contributed by atoms with van der Waals surface area (Å²) in [5.74, 6) is -3.22. The summed E-state index contributed by atoms with van der Waals surface area (Å²) in [6, 6.07) is 9.68. The van der Waals surface area contributed by atoms with Gasteiger partial charge in [-0.1, -0.05) is 55.2 Å². The van der Waals surface area contributed by atoms with Gasteiger partial charge in [-0.25, -0.2) is 4.39 Å². The van der Waals surface area contributed by atoms with Gasteiger partial charge in [-0.05, 0) is 29.8 Å². The zero-order valence-electron chi connectivity index (χ0n) is 14.5. The van der Waals surface area contributed by atoms with Crippen LogP contribution in [0.5, 0.6) is 0 Å². The Morgan fingerprint density at radius 1 is 1.15 bits per heavy atom. The van der Waals surface area contributed by atoms with Crippen LogP contribution in [0, 0.1) is 11.7 Å². The van der Waals surface area contributed by atoms with E-state index in [0.717, 1.165) is 4.90 Å². The van der Waals surface area contributed by atoms with Crippen LogP contribution in [0.4, 0.5) is 10.1 Å². The maximum Gasteiger partial charge on any atom is 0.294 e. The number of Topliss-reactive ketones (excluding diaryl/α,β-unsaturated/α-hetero) is 1. The van der Waals surface area contributed by atoms with Crippen molar-refractivity contribution in [1.82, 2.24) is 0 Å². The van der Waals surface area contributed by atoms with E-state index in [0.29, 0.717) is 10.6 Å². The number of aliphatic hydroxyl groups is 1. The molecule has 1 heterocycles. The van der Waals surface area contributed by atoms with Crippen LogP contribution in [0.3, 0.4) is 0 Å². The van der Waals surface area contributed by atoms with Gasteiger partial charge in [0.05, 0.1) is 22.3 Å². The minimum absolute atomic E-state index is 0.0725. The topological polar surface area (TPSA) is 57.6 Å². The summed E-state index contributed by atoms with van der Waals surface area (Å²) in [6.45, 7) is 3.32. The molecule has 0 fully saturated rings. The van der Waals surface area contributed by atoms with Gasteiger partial charge < -0.3 is 5.11 Å². The van der Waals surface area contributed by atoms with Crippen LogP contribution in [0.1, 0.15) is 25.5 Å². The Hall–Kier alpha value is -2.37. The number of hydrogen-bond acceptors (Lipinski definition) is 3. The van der Waals surface area contributed by atoms with E-state index in [1.807, 2.05) is 0 Å². The Labute approximate surface area is 165 Å². The third kappa shape index (κ3) is 3.33. The Morgan fingerprint density at radius 3 is 2.37 bits per heavy atom. The number of amides is 1. The number of rotatable bonds is 4. The van der Waals surface area contributed by atoms with Gasteiger partial charge in [0.1, 0.15) is 0 Å². The molecule has 1 aliphatic rings. The van der Waals surface area contributed by atoms with Crippen LogP contribution >= 0.6 is 23.2 Å². The molecule has 1 atom stereocenters. The van der Waals surface area contributed by atoms with E-state index in [1.54, 1.807) is 38.1 Å². The van der Waals surface area contributed by atoms with E-state index in [-0.39, 0.29) is 16.3 Å². The molecule has 140 valence electrons. The fourth-order valence-corrected chi connectivity index (χ4v) is 3.35. The lowest BCUT2D eigenvalue weighted by molar-refractivity contribution is -0.119. The second-order valence-electron chi connectivity index (χ2n) is 6.48. The maximum absolute atomic E-state index is 14.7. The number of ketones is 1. The molecule has 1 N–H and O–H groups in total. The molecule has 3 rings (SSSR count). The van der Waals surface area contributed by atoms with Crippen LogP contribution < -0.4 is 4.90 Å². The molecule has 4 nitrogen and oxygen atoms in total. The molecule has 0 aromatic heterocycles. The largest absolute Gasteiger partial charge is 0.503 e. The monoisotopic (exact) mass is 407 g/mol. The summed E-state index contributed by atoms with van der Waals surface area (Å²) in [5, 5.41) is 10.7. The van der Waals surface area contributed by atoms with E-state index >= 15 is 0 Å². The minimum Gasteiger partial charge on any atom is -0.503 e. The highest BCUT2D eigenvalue weighted by molar-refractivity contribution is 6.31.